The van der Waals surface area contributed by atoms with Crippen LogP contribution in [-0.2, 0) is 6.54 Å². The summed E-state index contributed by atoms with van der Waals surface area (Å²) in [6.45, 7) is 3.65. The molecule has 31 heavy (non-hydrogen) atoms. The average Bonchev–Trinajstić information content (AvgIpc) is 3.02. The molecular formula is C22H21FN4O3S. The Bertz CT molecular complexity index is 1160. The predicted octanol–water partition coefficient (Wildman–Crippen LogP) is 4.56. The number of carbonyl (C=O) groups is 1. The number of hydrogen-bond donors (Lipinski definition) is 1. The fraction of sp³-hybridized carbons (Fsp3) is 0.273. The van der Waals surface area contributed by atoms with Crippen molar-refractivity contribution in [1.29, 1.82) is 0 Å². The summed E-state index contributed by atoms with van der Waals surface area (Å²) in [5.74, 6) is 0.266. The number of nitrogens with zero attached hydrogens (tertiary/aromatic N) is 3. The first-order chi connectivity index (χ1) is 14.8. The molecule has 0 fully saturated rings. The van der Waals surface area contributed by atoms with Gasteiger partial charge >= 0.3 is 5.69 Å². The lowest BCUT2D eigenvalue weighted by Gasteiger charge is -2.26. The molecule has 0 saturated heterocycles. The second kappa shape index (κ2) is 8.50. The van der Waals surface area contributed by atoms with Gasteiger partial charge in [0.05, 0.1) is 17.5 Å². The summed E-state index contributed by atoms with van der Waals surface area (Å²) in [6.07, 6.45) is 0.738. The molecule has 1 unspecified atom stereocenters. The monoisotopic (exact) mass is 440 g/mol. The summed E-state index contributed by atoms with van der Waals surface area (Å²) in [4.78, 5) is 24.1. The van der Waals surface area contributed by atoms with Crippen molar-refractivity contribution in [2.45, 2.75) is 37.8 Å². The highest BCUT2D eigenvalue weighted by molar-refractivity contribution is 7.99. The van der Waals surface area contributed by atoms with E-state index in [4.69, 9.17) is 0 Å². The van der Waals surface area contributed by atoms with Gasteiger partial charge in [-0.2, -0.15) is 5.10 Å². The van der Waals surface area contributed by atoms with E-state index in [0.29, 0.717) is 28.4 Å². The first-order valence-corrected chi connectivity index (χ1v) is 10.8. The number of nitro groups is 1. The molecule has 0 bridgehead atoms. The van der Waals surface area contributed by atoms with Crippen LogP contribution in [0.2, 0.25) is 0 Å². The lowest BCUT2D eigenvalue weighted by Crippen LogP contribution is -2.30. The maximum atomic E-state index is 14.0. The Morgan fingerprint density at radius 3 is 2.71 bits per heavy atom. The molecule has 0 radical (unpaired) electrons. The summed E-state index contributed by atoms with van der Waals surface area (Å²) in [6, 6.07) is 11.8. The van der Waals surface area contributed by atoms with Crippen LogP contribution in [0.25, 0.3) is 0 Å². The smallest absolute Gasteiger partial charge is 0.312 e. The van der Waals surface area contributed by atoms with Crippen LogP contribution in [0.4, 0.5) is 10.1 Å². The van der Waals surface area contributed by atoms with Crippen molar-refractivity contribution in [2.24, 2.45) is 0 Å². The van der Waals surface area contributed by atoms with E-state index in [1.54, 1.807) is 36.7 Å². The fourth-order valence-electron chi connectivity index (χ4n) is 3.82. The van der Waals surface area contributed by atoms with Gasteiger partial charge in [0.25, 0.3) is 5.91 Å². The number of aromatic nitrogens is 2. The minimum absolute atomic E-state index is 0.0263. The summed E-state index contributed by atoms with van der Waals surface area (Å²) in [5.41, 5.74) is 3.08. The largest absolute Gasteiger partial charge is 0.345 e. The normalized spacial score (nSPS) is 15.4. The van der Waals surface area contributed by atoms with Crippen LogP contribution in [0, 0.1) is 29.8 Å². The molecule has 4 rings (SSSR count). The number of halogens is 1. The second-order valence-electron chi connectivity index (χ2n) is 7.45. The lowest BCUT2D eigenvalue weighted by molar-refractivity contribution is -0.386. The highest BCUT2D eigenvalue weighted by Crippen LogP contribution is 2.37. The summed E-state index contributed by atoms with van der Waals surface area (Å²) in [7, 11) is 0. The van der Waals surface area contributed by atoms with E-state index < -0.39 is 4.92 Å². The summed E-state index contributed by atoms with van der Waals surface area (Å²) >= 11 is 1.47. The van der Waals surface area contributed by atoms with Crippen molar-refractivity contribution >= 4 is 23.4 Å². The van der Waals surface area contributed by atoms with Crippen molar-refractivity contribution < 1.29 is 14.1 Å². The van der Waals surface area contributed by atoms with Gasteiger partial charge in [-0.05, 0) is 49.6 Å². The molecule has 0 saturated carbocycles. The van der Waals surface area contributed by atoms with Crippen LogP contribution in [0.3, 0.4) is 0 Å². The zero-order valence-corrected chi connectivity index (χ0v) is 17.9. The van der Waals surface area contributed by atoms with Gasteiger partial charge in [0.15, 0.2) is 0 Å². The van der Waals surface area contributed by atoms with Crippen molar-refractivity contribution in [3.05, 3.63) is 86.5 Å². The second-order valence-corrected chi connectivity index (χ2v) is 8.56. The van der Waals surface area contributed by atoms with Crippen LogP contribution in [0.15, 0.2) is 47.4 Å². The van der Waals surface area contributed by atoms with Crippen LogP contribution in [-0.4, -0.2) is 26.4 Å². The van der Waals surface area contributed by atoms with Crippen molar-refractivity contribution in [3.8, 4) is 0 Å². The molecule has 0 spiro atoms. The first kappa shape index (κ1) is 21.0. The SMILES string of the molecule is Cc1nn(Cc2ccc(C(=O)NC3CCSc4c(F)cccc43)cc2)c(C)c1[N+](=O)[O-]. The summed E-state index contributed by atoms with van der Waals surface area (Å²) < 4.78 is 15.6. The number of hydrogen-bond acceptors (Lipinski definition) is 5. The van der Waals surface area contributed by atoms with Gasteiger partial charge in [-0.15, -0.1) is 11.8 Å². The van der Waals surface area contributed by atoms with Crippen molar-refractivity contribution in [3.63, 3.8) is 0 Å². The zero-order valence-electron chi connectivity index (χ0n) is 17.1. The topological polar surface area (TPSA) is 90.1 Å². The van der Waals surface area contributed by atoms with Gasteiger partial charge in [0.2, 0.25) is 0 Å². The standard InChI is InChI=1S/C22H21FN4O3S/c1-13-20(27(29)30)14(2)26(25-13)12-15-6-8-16(9-7-15)22(28)24-19-10-11-31-21-17(19)4-3-5-18(21)23/h3-9,19H,10-12H2,1-2H3,(H,24,28). The van der Waals surface area contributed by atoms with E-state index >= 15 is 0 Å². The third kappa shape index (κ3) is 4.18. The number of carbonyl (C=O) groups excluding carboxylic acids is 1. The number of fused-ring (bicyclic) bond motifs is 1. The fourth-order valence-corrected chi connectivity index (χ4v) is 4.96. The first-order valence-electron chi connectivity index (χ1n) is 9.84. The quantitative estimate of drug-likeness (QED) is 0.464. The minimum Gasteiger partial charge on any atom is -0.345 e. The van der Waals surface area contributed by atoms with Crippen LogP contribution in [0.5, 0.6) is 0 Å². The van der Waals surface area contributed by atoms with Crippen LogP contribution in [0.1, 0.15) is 45.3 Å². The average molecular weight is 441 g/mol. The number of amides is 1. The predicted molar refractivity (Wildman–Crippen MR) is 116 cm³/mol. The molecule has 1 aliphatic rings. The molecule has 2 aromatic carbocycles. The van der Waals surface area contributed by atoms with Gasteiger partial charge in [-0.1, -0.05) is 24.3 Å². The van der Waals surface area contributed by atoms with E-state index in [1.165, 1.54) is 17.8 Å². The molecule has 7 nitrogen and oxygen atoms in total. The van der Waals surface area contributed by atoms with Gasteiger partial charge in [-0.3, -0.25) is 19.6 Å². The van der Waals surface area contributed by atoms with E-state index in [0.717, 1.165) is 23.3 Å². The molecule has 2 heterocycles. The summed E-state index contributed by atoms with van der Waals surface area (Å²) in [5, 5.41) is 18.4. The molecule has 160 valence electrons. The Balaban J connectivity index is 1.47. The minimum atomic E-state index is -0.421. The number of rotatable bonds is 5. The Hall–Kier alpha value is -3.20. The van der Waals surface area contributed by atoms with Gasteiger partial charge in [-0.25, -0.2) is 4.39 Å². The van der Waals surface area contributed by atoms with Gasteiger partial charge in [0, 0.05) is 16.2 Å². The molecular weight excluding hydrogens is 419 g/mol. The molecule has 0 aliphatic carbocycles. The maximum absolute atomic E-state index is 14.0. The molecule has 1 aromatic heterocycles. The van der Waals surface area contributed by atoms with Crippen LogP contribution >= 0.6 is 11.8 Å². The molecule has 9 heteroatoms. The number of nitrogens with one attached hydrogen (secondary N) is 1. The Morgan fingerprint density at radius 1 is 1.29 bits per heavy atom. The zero-order chi connectivity index (χ0) is 22.1. The molecule has 1 atom stereocenters. The molecule has 1 amide bonds. The highest BCUT2D eigenvalue weighted by atomic mass is 32.2. The third-order valence-corrected chi connectivity index (χ3v) is 6.56. The third-order valence-electron chi connectivity index (χ3n) is 5.41. The Morgan fingerprint density at radius 2 is 2.03 bits per heavy atom. The van der Waals surface area contributed by atoms with E-state index in [1.807, 2.05) is 18.2 Å². The molecule has 1 N–H and O–H groups in total. The molecule has 3 aromatic rings. The molecule has 1 aliphatic heterocycles. The van der Waals surface area contributed by atoms with Gasteiger partial charge in [0.1, 0.15) is 17.2 Å². The maximum Gasteiger partial charge on any atom is 0.312 e. The lowest BCUT2D eigenvalue weighted by atomic mass is 10.0. The van der Waals surface area contributed by atoms with Crippen molar-refractivity contribution in [2.75, 3.05) is 5.75 Å². The van der Waals surface area contributed by atoms with E-state index in [2.05, 4.69) is 10.4 Å². The number of benzene rings is 2. The Labute approximate surface area is 182 Å². The Kier molecular flexibility index (Phi) is 5.77. The number of aryl methyl sites for hydroxylation is 1. The van der Waals surface area contributed by atoms with E-state index in [9.17, 15) is 19.3 Å². The van der Waals surface area contributed by atoms with Gasteiger partial charge < -0.3 is 5.32 Å². The number of thioether (sulfide) groups is 1. The van der Waals surface area contributed by atoms with Crippen molar-refractivity contribution in [1.82, 2.24) is 15.1 Å². The highest BCUT2D eigenvalue weighted by Gasteiger charge is 2.25. The van der Waals surface area contributed by atoms with E-state index in [-0.39, 0.29) is 23.5 Å². The van der Waals surface area contributed by atoms with Crippen LogP contribution < -0.4 is 5.32 Å².